The second-order valence-corrected chi connectivity index (χ2v) is 12.2. The fourth-order valence-electron chi connectivity index (χ4n) is 6.83. The van der Waals surface area contributed by atoms with E-state index in [1.165, 1.54) is 4.90 Å². The van der Waals surface area contributed by atoms with Gasteiger partial charge in [0.2, 0.25) is 11.8 Å². The zero-order chi connectivity index (χ0) is 27.9. The van der Waals surface area contributed by atoms with E-state index in [0.29, 0.717) is 11.3 Å². The number of carbonyl (C=O) groups excluding carboxylic acids is 4. The van der Waals surface area contributed by atoms with E-state index in [-0.39, 0.29) is 48.2 Å². The number of hydrogen-bond donors (Lipinski definition) is 1. The lowest BCUT2D eigenvalue weighted by Gasteiger charge is -2.49. The molecule has 1 saturated carbocycles. The van der Waals surface area contributed by atoms with E-state index in [9.17, 15) is 24.3 Å². The van der Waals surface area contributed by atoms with E-state index in [1.807, 2.05) is 25.1 Å². The van der Waals surface area contributed by atoms with Crippen LogP contribution in [0.2, 0.25) is 0 Å². The third-order valence-corrected chi connectivity index (χ3v) is 10.7. The molecule has 0 radical (unpaired) electrons. The summed E-state index contributed by atoms with van der Waals surface area (Å²) in [7, 11) is 0. The van der Waals surface area contributed by atoms with Crippen molar-refractivity contribution in [2.24, 2.45) is 17.8 Å². The van der Waals surface area contributed by atoms with Gasteiger partial charge in [0.1, 0.15) is 18.1 Å². The summed E-state index contributed by atoms with van der Waals surface area (Å²) in [5.41, 5.74) is 2.12. The summed E-state index contributed by atoms with van der Waals surface area (Å²) in [6, 6.07) is 10.5. The van der Waals surface area contributed by atoms with Crippen molar-refractivity contribution < 1.29 is 28.7 Å². The zero-order valence-electron chi connectivity index (χ0n) is 20.9. The lowest BCUT2D eigenvalue weighted by Crippen LogP contribution is -2.60. The third-order valence-electron chi connectivity index (χ3n) is 8.74. The Labute approximate surface area is 243 Å². The molecule has 2 aliphatic heterocycles. The quantitative estimate of drug-likeness (QED) is 0.228. The molecule has 0 unspecified atom stereocenters. The fraction of sp³-hybridized carbons (Fsp3) is 0.429. The van der Waals surface area contributed by atoms with Gasteiger partial charge >= 0.3 is 0 Å². The highest BCUT2D eigenvalue weighted by molar-refractivity contribution is 9.09. The zero-order valence-corrected chi connectivity index (χ0v) is 24.0. The molecule has 1 N–H and O–H groups in total. The van der Waals surface area contributed by atoms with Crippen LogP contribution < -0.4 is 4.90 Å². The Morgan fingerprint density at radius 3 is 2.36 bits per heavy atom. The third kappa shape index (κ3) is 3.46. The molecule has 3 heterocycles. The number of allylic oxidation sites excluding steroid dienone is 2. The number of likely N-dealkylation sites (tertiary alicyclic amines) is 1. The minimum atomic E-state index is -1.93. The van der Waals surface area contributed by atoms with Crippen molar-refractivity contribution >= 4 is 68.4 Å². The molecule has 0 spiro atoms. The number of fused-ring (bicyclic) bond motifs is 4. The molecule has 8 nitrogen and oxygen atoms in total. The Kier molecular flexibility index (Phi) is 6.37. The smallest absolute Gasteiger partial charge is 0.254 e. The molecule has 3 fully saturated rings. The molecule has 2 aliphatic carbocycles. The van der Waals surface area contributed by atoms with Gasteiger partial charge in [-0.1, -0.05) is 46.6 Å². The minimum absolute atomic E-state index is 0.0924. The van der Waals surface area contributed by atoms with Crippen LogP contribution >= 0.6 is 39.1 Å². The number of rotatable bonds is 5. The van der Waals surface area contributed by atoms with Crippen LogP contribution in [0.3, 0.4) is 0 Å². The van der Waals surface area contributed by atoms with Crippen LogP contribution in [0.4, 0.5) is 5.69 Å². The number of anilines is 1. The average molecular weight is 636 g/mol. The van der Waals surface area contributed by atoms with Crippen LogP contribution in [0.15, 0.2) is 52.5 Å². The molecule has 2 aromatic rings. The maximum Gasteiger partial charge on any atom is 0.254 e. The normalized spacial score (nSPS) is 33.8. The molecule has 4 amide bonds. The van der Waals surface area contributed by atoms with Gasteiger partial charge < -0.3 is 9.52 Å². The number of furan rings is 1. The van der Waals surface area contributed by atoms with Crippen molar-refractivity contribution in [2.45, 2.75) is 48.5 Å². The first-order valence-corrected chi connectivity index (χ1v) is 14.7. The molecule has 1 aromatic heterocycles. The summed E-state index contributed by atoms with van der Waals surface area (Å²) in [5, 5.41) is 9.62. The van der Waals surface area contributed by atoms with Gasteiger partial charge in [-0.2, -0.15) is 0 Å². The molecule has 2 saturated heterocycles. The van der Waals surface area contributed by atoms with Crippen LogP contribution in [0.1, 0.15) is 42.8 Å². The van der Waals surface area contributed by atoms with Crippen molar-refractivity contribution in [2.75, 3.05) is 10.4 Å². The Balaban J connectivity index is 1.48. The van der Waals surface area contributed by atoms with E-state index in [0.717, 1.165) is 16.9 Å². The number of hydrogen-bond acceptors (Lipinski definition) is 6. The molecule has 11 heteroatoms. The standard InChI is InChI=1S/C28H25BrCl2N2O6/c1-2-14-3-5-15(6-4-14)33-23(35)18-9-8-17-19(21(18)24(33)36)11-27(30)25(37)32(13-29)26(38)28(27,31)22(17)20-10-7-16(12-34)39-20/h3-8,10,18-19,21-22,34H,2,9,11-13H2,1H3/t18-,19+,21-,22+,27+,28-/m0/s1. The lowest BCUT2D eigenvalue weighted by molar-refractivity contribution is -0.138. The van der Waals surface area contributed by atoms with Crippen LogP contribution in [0.25, 0.3) is 0 Å². The number of alkyl halides is 3. The van der Waals surface area contributed by atoms with Crippen molar-refractivity contribution in [1.29, 1.82) is 0 Å². The van der Waals surface area contributed by atoms with E-state index < -0.39 is 45.2 Å². The summed E-state index contributed by atoms with van der Waals surface area (Å²) in [6.45, 7) is 1.65. The van der Waals surface area contributed by atoms with E-state index >= 15 is 0 Å². The highest BCUT2D eigenvalue weighted by atomic mass is 79.9. The highest BCUT2D eigenvalue weighted by Gasteiger charge is 2.76. The van der Waals surface area contributed by atoms with E-state index in [2.05, 4.69) is 15.9 Å². The summed E-state index contributed by atoms with van der Waals surface area (Å²) < 4.78 is 5.87. The fourth-order valence-corrected chi connectivity index (χ4v) is 8.24. The second kappa shape index (κ2) is 9.29. The number of aliphatic hydroxyl groups excluding tert-OH is 1. The van der Waals surface area contributed by atoms with Gasteiger partial charge in [0.05, 0.1) is 28.9 Å². The van der Waals surface area contributed by atoms with Crippen LogP contribution in [0.5, 0.6) is 0 Å². The number of nitrogens with zero attached hydrogens (tertiary/aromatic N) is 2. The maximum atomic E-state index is 14.0. The van der Waals surface area contributed by atoms with Gasteiger partial charge in [-0.15, -0.1) is 23.2 Å². The highest BCUT2D eigenvalue weighted by Crippen LogP contribution is 2.65. The van der Waals surface area contributed by atoms with Crippen molar-refractivity contribution in [3.8, 4) is 0 Å². The average Bonchev–Trinajstić information content (AvgIpc) is 3.55. The predicted molar refractivity (Wildman–Crippen MR) is 146 cm³/mol. The molecule has 204 valence electrons. The maximum absolute atomic E-state index is 14.0. The number of imide groups is 2. The summed E-state index contributed by atoms with van der Waals surface area (Å²) >= 11 is 17.5. The molecule has 6 rings (SSSR count). The van der Waals surface area contributed by atoms with Gasteiger partial charge in [-0.05, 0) is 55.0 Å². The van der Waals surface area contributed by atoms with Crippen molar-refractivity contribution in [1.82, 2.24) is 4.90 Å². The Hall–Kier alpha value is -2.46. The Morgan fingerprint density at radius 2 is 1.74 bits per heavy atom. The van der Waals surface area contributed by atoms with Crippen LogP contribution in [-0.2, 0) is 32.2 Å². The Morgan fingerprint density at radius 1 is 1.03 bits per heavy atom. The molecular weight excluding hydrogens is 611 g/mol. The monoisotopic (exact) mass is 634 g/mol. The van der Waals surface area contributed by atoms with Gasteiger partial charge in [-0.3, -0.25) is 29.0 Å². The summed E-state index contributed by atoms with van der Waals surface area (Å²) in [5.74, 6) is -4.52. The number of halogens is 3. The molecule has 0 bridgehead atoms. The van der Waals surface area contributed by atoms with E-state index in [4.69, 9.17) is 27.6 Å². The molecule has 4 aliphatic rings. The molecule has 1 aromatic carbocycles. The number of aryl methyl sites for hydroxylation is 1. The number of amides is 4. The lowest BCUT2D eigenvalue weighted by atomic mass is 9.57. The minimum Gasteiger partial charge on any atom is -0.463 e. The molecular formula is C28H25BrCl2N2O6. The first kappa shape index (κ1) is 26.7. The first-order chi connectivity index (χ1) is 18.6. The van der Waals surface area contributed by atoms with Crippen LogP contribution in [0, 0.1) is 17.8 Å². The van der Waals surface area contributed by atoms with E-state index in [1.54, 1.807) is 24.3 Å². The largest absolute Gasteiger partial charge is 0.463 e. The second-order valence-electron chi connectivity index (χ2n) is 10.5. The van der Waals surface area contributed by atoms with Crippen molar-refractivity contribution in [3.05, 3.63) is 65.1 Å². The Bertz CT molecular complexity index is 1440. The number of carbonyl (C=O) groups is 4. The SMILES string of the molecule is CCc1ccc(N2C(=O)[C@H]3[C@H](CC=C4[C@H]3C[C@@]3(Cl)C(=O)N(CBr)C(=O)[C@@]3(Cl)[C@H]4c3ccc(CO)o3)C2=O)cc1. The first-order valence-electron chi connectivity index (χ1n) is 12.8. The number of benzene rings is 1. The molecule has 39 heavy (non-hydrogen) atoms. The summed E-state index contributed by atoms with van der Waals surface area (Å²) in [6.07, 6.45) is 2.85. The topological polar surface area (TPSA) is 108 Å². The summed E-state index contributed by atoms with van der Waals surface area (Å²) in [4.78, 5) is 53.2. The number of aliphatic hydroxyl groups is 1. The van der Waals surface area contributed by atoms with Gasteiger partial charge in [0.25, 0.3) is 11.8 Å². The predicted octanol–water partition coefficient (Wildman–Crippen LogP) is 4.25. The van der Waals surface area contributed by atoms with Gasteiger partial charge in [0, 0.05) is 0 Å². The van der Waals surface area contributed by atoms with Gasteiger partial charge in [-0.25, -0.2) is 0 Å². The molecule has 6 atom stereocenters. The van der Waals surface area contributed by atoms with Crippen LogP contribution in [-0.4, -0.2) is 48.8 Å². The van der Waals surface area contributed by atoms with Crippen molar-refractivity contribution in [3.63, 3.8) is 0 Å². The van der Waals surface area contributed by atoms with Gasteiger partial charge in [0.15, 0.2) is 9.75 Å².